The fourth-order valence-electron chi connectivity index (χ4n) is 1.65. The highest BCUT2D eigenvalue weighted by Gasteiger charge is 2.25. The van der Waals surface area contributed by atoms with Crippen molar-refractivity contribution in [3.63, 3.8) is 0 Å². The molecule has 0 N–H and O–H groups in total. The lowest BCUT2D eigenvalue weighted by Gasteiger charge is -2.30. The van der Waals surface area contributed by atoms with E-state index in [1.807, 2.05) is 0 Å². The second kappa shape index (κ2) is 5.73. The normalized spacial score (nSPS) is 11.8. The third-order valence-corrected chi connectivity index (χ3v) is 4.03. The van der Waals surface area contributed by atoms with Crippen molar-refractivity contribution >= 4 is 24.2 Å². The Morgan fingerprint density at radius 1 is 1.50 bits per heavy atom. The van der Waals surface area contributed by atoms with Gasteiger partial charge in [-0.2, -0.15) is 12.6 Å². The summed E-state index contributed by atoms with van der Waals surface area (Å²) in [5.74, 6) is 0.749. The van der Waals surface area contributed by atoms with Gasteiger partial charge in [-0.15, -0.1) is 0 Å². The van der Waals surface area contributed by atoms with Crippen molar-refractivity contribution in [1.82, 2.24) is 9.55 Å². The standard InChI is InChI=1S/C11H17ClN2OS/c1-3-11(4-2,8-16)7-14-6-9(12)5-13-10(14)15/h5-6,16H,3-4,7-8H2,1-2H3. The van der Waals surface area contributed by atoms with Crippen molar-refractivity contribution in [1.29, 1.82) is 0 Å². The van der Waals surface area contributed by atoms with Gasteiger partial charge in [-0.1, -0.05) is 25.4 Å². The highest BCUT2D eigenvalue weighted by atomic mass is 35.5. The molecule has 0 fully saturated rings. The van der Waals surface area contributed by atoms with Crippen molar-refractivity contribution in [2.24, 2.45) is 5.41 Å². The average Bonchev–Trinajstić information content (AvgIpc) is 2.31. The van der Waals surface area contributed by atoms with Crippen LogP contribution in [0.4, 0.5) is 0 Å². The number of hydrogen-bond acceptors (Lipinski definition) is 3. The first kappa shape index (κ1) is 13.6. The number of aromatic nitrogens is 2. The fraction of sp³-hybridized carbons (Fsp3) is 0.636. The Hall–Kier alpha value is -0.480. The maximum atomic E-state index is 11.6. The summed E-state index contributed by atoms with van der Waals surface area (Å²) in [5, 5.41) is 0.486. The van der Waals surface area contributed by atoms with E-state index in [-0.39, 0.29) is 11.1 Å². The Kier molecular flexibility index (Phi) is 4.87. The topological polar surface area (TPSA) is 34.9 Å². The first-order valence-corrected chi connectivity index (χ1v) is 6.41. The van der Waals surface area contributed by atoms with Gasteiger partial charge in [0.15, 0.2) is 0 Å². The molecule has 5 heteroatoms. The predicted molar refractivity (Wildman–Crippen MR) is 70.4 cm³/mol. The van der Waals surface area contributed by atoms with E-state index in [1.165, 1.54) is 6.20 Å². The molecule has 90 valence electrons. The fourth-order valence-corrected chi connectivity index (χ4v) is 2.36. The van der Waals surface area contributed by atoms with Crippen LogP contribution in [0, 0.1) is 5.41 Å². The predicted octanol–water partition coefficient (Wildman–Crippen LogP) is 2.63. The van der Waals surface area contributed by atoms with Crippen LogP contribution in [0.1, 0.15) is 26.7 Å². The molecule has 16 heavy (non-hydrogen) atoms. The number of rotatable bonds is 5. The lowest BCUT2D eigenvalue weighted by atomic mass is 9.84. The second-order valence-corrected chi connectivity index (χ2v) is 4.80. The van der Waals surface area contributed by atoms with Gasteiger partial charge in [0.25, 0.3) is 0 Å². The Morgan fingerprint density at radius 2 is 2.12 bits per heavy atom. The van der Waals surface area contributed by atoms with E-state index in [9.17, 15) is 4.79 Å². The SMILES string of the molecule is CCC(CC)(CS)Cn1cc(Cl)cnc1=O. The minimum Gasteiger partial charge on any atom is -0.297 e. The van der Waals surface area contributed by atoms with Crippen LogP contribution < -0.4 is 5.69 Å². The van der Waals surface area contributed by atoms with Gasteiger partial charge in [-0.25, -0.2) is 9.78 Å². The van der Waals surface area contributed by atoms with E-state index in [0.717, 1.165) is 18.6 Å². The molecule has 0 aliphatic carbocycles. The van der Waals surface area contributed by atoms with E-state index >= 15 is 0 Å². The van der Waals surface area contributed by atoms with E-state index in [1.54, 1.807) is 10.8 Å². The largest absolute Gasteiger partial charge is 0.347 e. The third kappa shape index (κ3) is 3.01. The van der Waals surface area contributed by atoms with Crippen molar-refractivity contribution in [2.75, 3.05) is 5.75 Å². The van der Waals surface area contributed by atoms with Crippen LogP contribution in [0.2, 0.25) is 5.02 Å². The zero-order chi connectivity index (χ0) is 12.2. The number of thiol groups is 1. The second-order valence-electron chi connectivity index (χ2n) is 4.05. The Bertz CT molecular complexity index is 393. The van der Waals surface area contributed by atoms with Gasteiger partial charge < -0.3 is 0 Å². The van der Waals surface area contributed by atoms with Gasteiger partial charge in [-0.05, 0) is 24.0 Å². The van der Waals surface area contributed by atoms with Crippen LogP contribution in [-0.2, 0) is 6.54 Å². The molecule has 0 spiro atoms. The summed E-state index contributed by atoms with van der Waals surface area (Å²) < 4.78 is 1.57. The molecule has 0 aliphatic rings. The van der Waals surface area contributed by atoms with Crippen LogP contribution in [0.3, 0.4) is 0 Å². The minimum absolute atomic E-state index is 0.0410. The number of halogens is 1. The molecule has 1 rings (SSSR count). The van der Waals surface area contributed by atoms with Crippen molar-refractivity contribution in [3.8, 4) is 0 Å². The molecule has 1 aromatic rings. The monoisotopic (exact) mass is 260 g/mol. The summed E-state index contributed by atoms with van der Waals surface area (Å²) in [7, 11) is 0. The summed E-state index contributed by atoms with van der Waals surface area (Å²) in [6, 6.07) is 0. The van der Waals surface area contributed by atoms with E-state index in [0.29, 0.717) is 11.6 Å². The average molecular weight is 261 g/mol. The molecule has 0 unspecified atom stereocenters. The molecule has 0 aliphatic heterocycles. The maximum Gasteiger partial charge on any atom is 0.347 e. The molecule has 0 atom stereocenters. The number of nitrogens with zero attached hydrogens (tertiary/aromatic N) is 2. The summed E-state index contributed by atoms with van der Waals surface area (Å²) in [6.07, 6.45) is 4.97. The molecule has 0 saturated heterocycles. The quantitative estimate of drug-likeness (QED) is 0.826. The highest BCUT2D eigenvalue weighted by Crippen LogP contribution is 2.29. The molecule has 1 heterocycles. The van der Waals surface area contributed by atoms with Crippen molar-refractivity contribution in [2.45, 2.75) is 33.2 Å². The maximum absolute atomic E-state index is 11.6. The molecule has 0 saturated carbocycles. The molecular weight excluding hydrogens is 244 g/mol. The molecule has 0 radical (unpaired) electrons. The van der Waals surface area contributed by atoms with Crippen LogP contribution in [0.25, 0.3) is 0 Å². The summed E-state index contributed by atoms with van der Waals surface area (Å²) in [6.45, 7) is 4.85. The first-order valence-electron chi connectivity index (χ1n) is 5.39. The van der Waals surface area contributed by atoms with E-state index in [4.69, 9.17) is 11.6 Å². The lowest BCUT2D eigenvalue weighted by molar-refractivity contribution is 0.253. The molecule has 1 aromatic heterocycles. The third-order valence-electron chi connectivity index (χ3n) is 3.16. The van der Waals surface area contributed by atoms with Crippen LogP contribution >= 0.6 is 24.2 Å². The van der Waals surface area contributed by atoms with Gasteiger partial charge in [0.1, 0.15) is 0 Å². The summed E-state index contributed by atoms with van der Waals surface area (Å²) in [5.41, 5.74) is -0.211. The van der Waals surface area contributed by atoms with Gasteiger partial charge in [0.05, 0.1) is 11.2 Å². The Balaban J connectivity index is 3.02. The molecule has 3 nitrogen and oxygen atoms in total. The minimum atomic E-state index is -0.252. The smallest absolute Gasteiger partial charge is 0.297 e. The summed E-state index contributed by atoms with van der Waals surface area (Å²) in [4.78, 5) is 15.3. The molecule has 0 aromatic carbocycles. The van der Waals surface area contributed by atoms with Crippen LogP contribution in [0.15, 0.2) is 17.2 Å². The zero-order valence-electron chi connectivity index (χ0n) is 9.61. The van der Waals surface area contributed by atoms with Crippen LogP contribution in [-0.4, -0.2) is 15.3 Å². The lowest BCUT2D eigenvalue weighted by Crippen LogP contribution is -2.33. The zero-order valence-corrected chi connectivity index (χ0v) is 11.3. The van der Waals surface area contributed by atoms with Crippen molar-refractivity contribution < 1.29 is 0 Å². The van der Waals surface area contributed by atoms with Crippen molar-refractivity contribution in [3.05, 3.63) is 27.9 Å². The van der Waals surface area contributed by atoms with E-state index in [2.05, 4.69) is 31.5 Å². The molecule has 0 amide bonds. The van der Waals surface area contributed by atoms with Gasteiger partial charge >= 0.3 is 5.69 Å². The number of hydrogen-bond donors (Lipinski definition) is 1. The molecular formula is C11H17ClN2OS. The Labute approximate surface area is 106 Å². The molecule has 0 bridgehead atoms. The van der Waals surface area contributed by atoms with Gasteiger partial charge in [-0.3, -0.25) is 4.57 Å². The van der Waals surface area contributed by atoms with E-state index < -0.39 is 0 Å². The highest BCUT2D eigenvalue weighted by molar-refractivity contribution is 7.80. The van der Waals surface area contributed by atoms with Crippen LogP contribution in [0.5, 0.6) is 0 Å². The van der Waals surface area contributed by atoms with Gasteiger partial charge in [0, 0.05) is 12.7 Å². The first-order chi connectivity index (χ1) is 7.56. The summed E-state index contributed by atoms with van der Waals surface area (Å²) >= 11 is 10.2. The van der Waals surface area contributed by atoms with Gasteiger partial charge in [0.2, 0.25) is 0 Å². The Morgan fingerprint density at radius 3 is 2.62 bits per heavy atom.